The first-order valence-electron chi connectivity index (χ1n) is 4.34. The molecule has 0 N–H and O–H groups in total. The lowest BCUT2D eigenvalue weighted by atomic mass is 10.1. The Labute approximate surface area is 98.3 Å². The van der Waals surface area contributed by atoms with E-state index in [9.17, 15) is 13.2 Å². The first kappa shape index (κ1) is 13.1. The third-order valence-electron chi connectivity index (χ3n) is 1.89. The topological polar surface area (TPSA) is 73.6 Å². The number of hydrogen-bond donors (Lipinski definition) is 0. The minimum atomic E-state index is -3.32. The van der Waals surface area contributed by atoms with Gasteiger partial charge in [-0.1, -0.05) is 0 Å². The number of carbonyl (C=O) groups is 1. The summed E-state index contributed by atoms with van der Waals surface area (Å²) in [5.41, 5.74) is 0. The molecule has 0 saturated heterocycles. The average Bonchev–Trinajstić information content (AvgIpc) is 2.58. The Balaban J connectivity index is 3.01. The van der Waals surface area contributed by atoms with Crippen molar-refractivity contribution in [3.8, 4) is 0 Å². The third kappa shape index (κ3) is 3.53. The Morgan fingerprint density at radius 2 is 2.19 bits per heavy atom. The van der Waals surface area contributed by atoms with Gasteiger partial charge in [0.2, 0.25) is 0 Å². The van der Waals surface area contributed by atoms with Gasteiger partial charge in [-0.25, -0.2) is 8.42 Å². The quantitative estimate of drug-likeness (QED) is 0.767. The van der Waals surface area contributed by atoms with E-state index in [4.69, 9.17) is 16.0 Å². The van der Waals surface area contributed by atoms with Crippen LogP contribution in [0.15, 0.2) is 16.5 Å². The van der Waals surface area contributed by atoms with E-state index < -0.39 is 21.7 Å². The number of methoxy groups -OCH3 is 1. The van der Waals surface area contributed by atoms with Crippen LogP contribution in [-0.4, -0.2) is 33.5 Å². The molecule has 90 valence electrons. The minimum absolute atomic E-state index is 0.0948. The molecule has 16 heavy (non-hydrogen) atoms. The second-order valence-electron chi connectivity index (χ2n) is 3.31. The second kappa shape index (κ2) is 4.88. The van der Waals surface area contributed by atoms with E-state index in [-0.39, 0.29) is 16.7 Å². The standard InChI is InChI=1S/C9H11ClO5S/c1-14-9(11)6(5-16(2,12)13)7-3-4-8(10)15-7/h3-4,6H,5H2,1-2H3. The fourth-order valence-corrected chi connectivity index (χ4v) is 2.28. The number of rotatable bonds is 4. The summed E-state index contributed by atoms with van der Waals surface area (Å²) in [5, 5.41) is 0.0948. The monoisotopic (exact) mass is 266 g/mol. The molecule has 0 bridgehead atoms. The molecule has 0 amide bonds. The lowest BCUT2D eigenvalue weighted by Gasteiger charge is -2.10. The number of esters is 1. The Morgan fingerprint density at radius 1 is 1.56 bits per heavy atom. The Kier molecular flexibility index (Phi) is 3.98. The molecule has 5 nitrogen and oxygen atoms in total. The van der Waals surface area contributed by atoms with Crippen molar-refractivity contribution in [1.82, 2.24) is 0 Å². The zero-order valence-corrected chi connectivity index (χ0v) is 10.3. The highest BCUT2D eigenvalue weighted by atomic mass is 35.5. The Bertz CT molecular complexity index is 476. The predicted octanol–water partition coefficient (Wildman–Crippen LogP) is 1.23. The molecule has 0 aliphatic rings. The van der Waals surface area contributed by atoms with Gasteiger partial charge in [0.1, 0.15) is 21.5 Å². The van der Waals surface area contributed by atoms with Crippen LogP contribution in [0.2, 0.25) is 5.22 Å². The number of sulfone groups is 1. The molecule has 1 atom stereocenters. The zero-order valence-electron chi connectivity index (χ0n) is 8.77. The normalized spacial score (nSPS) is 13.4. The first-order chi connectivity index (χ1) is 7.33. The van der Waals surface area contributed by atoms with Crippen LogP contribution in [0.4, 0.5) is 0 Å². The van der Waals surface area contributed by atoms with Crippen LogP contribution in [0.5, 0.6) is 0 Å². The summed E-state index contributed by atoms with van der Waals surface area (Å²) in [6.07, 6.45) is 1.04. The van der Waals surface area contributed by atoms with Gasteiger partial charge < -0.3 is 9.15 Å². The molecule has 0 aliphatic heterocycles. The van der Waals surface area contributed by atoms with Gasteiger partial charge in [-0.05, 0) is 23.7 Å². The molecular weight excluding hydrogens is 256 g/mol. The number of halogens is 1. The van der Waals surface area contributed by atoms with Crippen molar-refractivity contribution in [2.45, 2.75) is 5.92 Å². The summed E-state index contributed by atoms with van der Waals surface area (Å²) < 4.78 is 31.8. The largest absolute Gasteiger partial charge is 0.468 e. The second-order valence-corrected chi connectivity index (χ2v) is 5.87. The maximum absolute atomic E-state index is 11.4. The van der Waals surface area contributed by atoms with Crippen molar-refractivity contribution in [3.05, 3.63) is 23.1 Å². The fraction of sp³-hybridized carbons (Fsp3) is 0.444. The van der Waals surface area contributed by atoms with E-state index >= 15 is 0 Å². The van der Waals surface area contributed by atoms with E-state index in [0.29, 0.717) is 0 Å². The van der Waals surface area contributed by atoms with Gasteiger partial charge in [0.05, 0.1) is 12.9 Å². The van der Waals surface area contributed by atoms with E-state index in [2.05, 4.69) is 4.74 Å². The fourth-order valence-electron chi connectivity index (χ4n) is 1.23. The van der Waals surface area contributed by atoms with Crippen LogP contribution < -0.4 is 0 Å². The molecule has 0 saturated carbocycles. The van der Waals surface area contributed by atoms with E-state index in [1.54, 1.807) is 0 Å². The Hall–Kier alpha value is -1.01. The number of hydrogen-bond acceptors (Lipinski definition) is 5. The van der Waals surface area contributed by atoms with Crippen molar-refractivity contribution in [1.29, 1.82) is 0 Å². The molecule has 0 fully saturated rings. The number of ether oxygens (including phenoxy) is 1. The maximum Gasteiger partial charge on any atom is 0.317 e. The SMILES string of the molecule is COC(=O)C(CS(C)(=O)=O)c1ccc(Cl)o1. The maximum atomic E-state index is 11.4. The summed E-state index contributed by atoms with van der Waals surface area (Å²) in [7, 11) is -2.14. The number of carbonyl (C=O) groups excluding carboxylic acids is 1. The van der Waals surface area contributed by atoms with Crippen LogP contribution in [0.3, 0.4) is 0 Å². The first-order valence-corrected chi connectivity index (χ1v) is 6.78. The summed E-state index contributed by atoms with van der Waals surface area (Å²) in [5.74, 6) is -1.84. The van der Waals surface area contributed by atoms with Crippen LogP contribution in [0.25, 0.3) is 0 Å². The highest BCUT2D eigenvalue weighted by Gasteiger charge is 2.28. The molecule has 0 spiro atoms. The van der Waals surface area contributed by atoms with Gasteiger partial charge in [0, 0.05) is 6.26 Å². The van der Waals surface area contributed by atoms with Crippen LogP contribution in [0, 0.1) is 0 Å². The molecule has 1 heterocycles. The van der Waals surface area contributed by atoms with Gasteiger partial charge in [0.15, 0.2) is 5.22 Å². The van der Waals surface area contributed by atoms with Crippen molar-refractivity contribution < 1.29 is 22.4 Å². The molecule has 0 aliphatic carbocycles. The van der Waals surface area contributed by atoms with E-state index in [1.165, 1.54) is 19.2 Å². The molecule has 1 aromatic heterocycles. The lowest BCUT2D eigenvalue weighted by molar-refractivity contribution is -0.142. The van der Waals surface area contributed by atoms with Gasteiger partial charge >= 0.3 is 5.97 Å². The lowest BCUT2D eigenvalue weighted by Crippen LogP contribution is -2.22. The summed E-state index contributed by atoms with van der Waals surface area (Å²) >= 11 is 5.56. The van der Waals surface area contributed by atoms with E-state index in [0.717, 1.165) is 6.26 Å². The van der Waals surface area contributed by atoms with Crippen molar-refractivity contribution >= 4 is 27.4 Å². The van der Waals surface area contributed by atoms with Crippen LogP contribution >= 0.6 is 11.6 Å². The predicted molar refractivity (Wildman–Crippen MR) is 58.2 cm³/mol. The van der Waals surface area contributed by atoms with E-state index in [1.807, 2.05) is 0 Å². The highest BCUT2D eigenvalue weighted by Crippen LogP contribution is 2.24. The van der Waals surface area contributed by atoms with Gasteiger partial charge in [-0.15, -0.1) is 0 Å². The van der Waals surface area contributed by atoms with Gasteiger partial charge in [-0.2, -0.15) is 0 Å². The van der Waals surface area contributed by atoms with Crippen molar-refractivity contribution in [2.75, 3.05) is 19.1 Å². The summed E-state index contributed by atoms with van der Waals surface area (Å²) in [6.45, 7) is 0. The number of furan rings is 1. The molecule has 0 aromatic carbocycles. The van der Waals surface area contributed by atoms with Crippen LogP contribution in [0.1, 0.15) is 11.7 Å². The smallest absolute Gasteiger partial charge is 0.317 e. The summed E-state index contributed by atoms with van der Waals surface area (Å²) in [4.78, 5) is 11.4. The molecule has 1 rings (SSSR count). The van der Waals surface area contributed by atoms with Crippen LogP contribution in [-0.2, 0) is 19.4 Å². The van der Waals surface area contributed by atoms with Gasteiger partial charge in [0.25, 0.3) is 0 Å². The molecule has 0 radical (unpaired) electrons. The van der Waals surface area contributed by atoms with Gasteiger partial charge in [-0.3, -0.25) is 4.79 Å². The third-order valence-corrected chi connectivity index (χ3v) is 3.03. The zero-order chi connectivity index (χ0) is 12.3. The summed E-state index contributed by atoms with van der Waals surface area (Å²) in [6, 6.07) is 2.89. The molecule has 7 heteroatoms. The minimum Gasteiger partial charge on any atom is -0.468 e. The average molecular weight is 267 g/mol. The Morgan fingerprint density at radius 3 is 2.56 bits per heavy atom. The molecule has 1 aromatic rings. The molecular formula is C9H11ClO5S. The van der Waals surface area contributed by atoms with Crippen molar-refractivity contribution in [3.63, 3.8) is 0 Å². The molecule has 1 unspecified atom stereocenters. The van der Waals surface area contributed by atoms with Crippen molar-refractivity contribution in [2.24, 2.45) is 0 Å². The highest BCUT2D eigenvalue weighted by molar-refractivity contribution is 7.90.